The minimum Gasteiger partial charge on any atom is -0.466 e. The van der Waals surface area contributed by atoms with Crippen molar-refractivity contribution in [1.29, 1.82) is 0 Å². The lowest BCUT2D eigenvalue weighted by molar-refractivity contribution is -0.149. The number of hydrogen-bond donors (Lipinski definition) is 0. The van der Waals surface area contributed by atoms with Crippen LogP contribution in [0.3, 0.4) is 0 Å². The normalized spacial score (nSPS) is 23.3. The molecule has 0 spiro atoms. The Kier molecular flexibility index (Phi) is 6.31. The lowest BCUT2D eigenvalue weighted by Gasteiger charge is -2.31. The van der Waals surface area contributed by atoms with Crippen molar-refractivity contribution < 1.29 is 26.4 Å². The van der Waals surface area contributed by atoms with Gasteiger partial charge in [-0.2, -0.15) is 4.31 Å². The summed E-state index contributed by atoms with van der Waals surface area (Å²) in [6, 6.07) is 5.93. The van der Waals surface area contributed by atoms with E-state index >= 15 is 0 Å². The fourth-order valence-electron chi connectivity index (χ4n) is 3.63. The molecule has 156 valence electrons. The molecular weight excluding hydrogens is 404 g/mol. The Labute approximate surface area is 166 Å². The number of benzene rings is 1. The molecule has 2 fully saturated rings. The SMILES string of the molecule is CCOC(=O)[C@@H]1CCCN(S(=O)(=O)c2ccc(N3CCCCS3(=O)=O)cc2)C1. The molecule has 8 nitrogen and oxygen atoms in total. The molecule has 0 saturated carbocycles. The number of nitrogens with zero attached hydrogens (tertiary/aromatic N) is 2. The highest BCUT2D eigenvalue weighted by atomic mass is 32.2. The first-order valence-electron chi connectivity index (χ1n) is 9.53. The maximum atomic E-state index is 13.0. The van der Waals surface area contributed by atoms with Crippen molar-refractivity contribution in [3.63, 3.8) is 0 Å². The van der Waals surface area contributed by atoms with Crippen molar-refractivity contribution >= 4 is 31.7 Å². The number of carbonyl (C=O) groups is 1. The van der Waals surface area contributed by atoms with Crippen LogP contribution in [0.2, 0.25) is 0 Å². The van der Waals surface area contributed by atoms with Crippen molar-refractivity contribution in [2.24, 2.45) is 5.92 Å². The minimum absolute atomic E-state index is 0.0927. The second kappa shape index (κ2) is 8.38. The maximum Gasteiger partial charge on any atom is 0.310 e. The highest BCUT2D eigenvalue weighted by Crippen LogP contribution is 2.28. The first-order valence-corrected chi connectivity index (χ1v) is 12.6. The first kappa shape index (κ1) is 21.1. The van der Waals surface area contributed by atoms with E-state index in [1.165, 1.54) is 32.9 Å². The number of carbonyl (C=O) groups excluding carboxylic acids is 1. The molecule has 28 heavy (non-hydrogen) atoms. The van der Waals surface area contributed by atoms with E-state index in [9.17, 15) is 21.6 Å². The molecule has 0 radical (unpaired) electrons. The van der Waals surface area contributed by atoms with Gasteiger partial charge in [0.25, 0.3) is 0 Å². The molecule has 1 aromatic carbocycles. The Morgan fingerprint density at radius 1 is 1.14 bits per heavy atom. The van der Waals surface area contributed by atoms with Gasteiger partial charge < -0.3 is 4.74 Å². The molecule has 2 saturated heterocycles. The lowest BCUT2D eigenvalue weighted by Crippen LogP contribution is -2.42. The largest absolute Gasteiger partial charge is 0.466 e. The Morgan fingerprint density at radius 2 is 1.86 bits per heavy atom. The second-order valence-corrected chi connectivity index (χ2v) is 11.0. The Balaban J connectivity index is 1.78. The molecule has 1 aromatic rings. The zero-order valence-electron chi connectivity index (χ0n) is 15.9. The zero-order valence-corrected chi connectivity index (χ0v) is 17.5. The maximum absolute atomic E-state index is 13.0. The highest BCUT2D eigenvalue weighted by molar-refractivity contribution is 7.92. The third-order valence-electron chi connectivity index (χ3n) is 5.12. The summed E-state index contributed by atoms with van der Waals surface area (Å²) in [4.78, 5) is 12.1. The van der Waals surface area contributed by atoms with Gasteiger partial charge in [0.1, 0.15) is 0 Å². The third kappa shape index (κ3) is 4.33. The lowest BCUT2D eigenvalue weighted by atomic mass is 10.0. The van der Waals surface area contributed by atoms with Crippen molar-refractivity contribution in [2.45, 2.75) is 37.5 Å². The molecule has 10 heteroatoms. The molecule has 2 aliphatic rings. The quantitative estimate of drug-likeness (QED) is 0.658. The zero-order chi connectivity index (χ0) is 20.4. The predicted octanol–water partition coefficient (Wildman–Crippen LogP) is 1.58. The van der Waals surface area contributed by atoms with Gasteiger partial charge in [-0.25, -0.2) is 16.8 Å². The molecule has 0 unspecified atom stereocenters. The average molecular weight is 431 g/mol. The van der Waals surface area contributed by atoms with E-state index in [-0.39, 0.29) is 29.8 Å². The minimum atomic E-state index is -3.76. The van der Waals surface area contributed by atoms with Crippen molar-refractivity contribution in [1.82, 2.24) is 4.31 Å². The topological polar surface area (TPSA) is 101 Å². The fraction of sp³-hybridized carbons (Fsp3) is 0.611. The monoisotopic (exact) mass is 430 g/mol. The van der Waals surface area contributed by atoms with Crippen LogP contribution in [0.4, 0.5) is 5.69 Å². The van der Waals surface area contributed by atoms with E-state index in [2.05, 4.69) is 0 Å². The van der Waals surface area contributed by atoms with Gasteiger partial charge >= 0.3 is 5.97 Å². The summed E-state index contributed by atoms with van der Waals surface area (Å²) in [7, 11) is -7.11. The van der Waals surface area contributed by atoms with Crippen LogP contribution >= 0.6 is 0 Å². The van der Waals surface area contributed by atoms with Crippen LogP contribution in [-0.2, 0) is 29.6 Å². The summed E-state index contributed by atoms with van der Waals surface area (Å²) in [6.45, 7) is 2.84. The highest BCUT2D eigenvalue weighted by Gasteiger charge is 2.34. The van der Waals surface area contributed by atoms with Crippen LogP contribution in [0.5, 0.6) is 0 Å². The summed E-state index contributed by atoms with van der Waals surface area (Å²) >= 11 is 0. The van der Waals surface area contributed by atoms with E-state index in [0.717, 1.165) is 6.42 Å². The molecule has 0 aromatic heterocycles. The molecule has 2 aliphatic heterocycles. The van der Waals surface area contributed by atoms with Gasteiger partial charge in [-0.05, 0) is 56.9 Å². The van der Waals surface area contributed by atoms with Crippen molar-refractivity contribution in [3.8, 4) is 0 Å². The van der Waals surface area contributed by atoms with E-state index in [1.807, 2.05) is 0 Å². The average Bonchev–Trinajstić information content (AvgIpc) is 2.68. The Bertz CT molecular complexity index is 912. The molecular formula is C18H26N2O6S2. The van der Waals surface area contributed by atoms with Crippen LogP contribution in [0, 0.1) is 5.92 Å². The summed E-state index contributed by atoms with van der Waals surface area (Å²) in [5.41, 5.74) is 0.474. The van der Waals surface area contributed by atoms with E-state index in [4.69, 9.17) is 4.74 Å². The van der Waals surface area contributed by atoms with Crippen LogP contribution in [0.1, 0.15) is 32.6 Å². The predicted molar refractivity (Wildman–Crippen MR) is 105 cm³/mol. The van der Waals surface area contributed by atoms with Gasteiger partial charge in [-0.3, -0.25) is 9.10 Å². The summed E-state index contributed by atoms with van der Waals surface area (Å²) in [6.07, 6.45) is 2.62. The number of piperidine rings is 1. The molecule has 0 bridgehead atoms. The van der Waals surface area contributed by atoms with Gasteiger partial charge in [0.2, 0.25) is 20.0 Å². The summed E-state index contributed by atoms with van der Waals surface area (Å²) in [5, 5.41) is 0. The Hall–Kier alpha value is -1.65. The standard InChI is InChI=1S/C18H26N2O6S2/c1-2-26-18(21)15-6-5-11-19(14-15)28(24,25)17-9-7-16(8-10-17)20-12-3-4-13-27(20,22)23/h7-10,15H,2-6,11-14H2,1H3/t15-/m1/s1. The number of hydrogen-bond acceptors (Lipinski definition) is 6. The van der Waals surface area contributed by atoms with E-state index in [1.54, 1.807) is 6.92 Å². The van der Waals surface area contributed by atoms with Gasteiger partial charge in [0.05, 0.1) is 28.9 Å². The summed E-state index contributed by atoms with van der Waals surface area (Å²) in [5.74, 6) is -0.718. The number of anilines is 1. The van der Waals surface area contributed by atoms with E-state index in [0.29, 0.717) is 38.0 Å². The van der Waals surface area contributed by atoms with Crippen molar-refractivity contribution in [2.75, 3.05) is 36.3 Å². The molecule has 1 atom stereocenters. The summed E-state index contributed by atoms with van der Waals surface area (Å²) < 4.78 is 58.1. The molecule has 0 aliphatic carbocycles. The van der Waals surface area contributed by atoms with Crippen molar-refractivity contribution in [3.05, 3.63) is 24.3 Å². The number of sulfonamides is 2. The number of ether oxygens (including phenoxy) is 1. The third-order valence-corrected chi connectivity index (χ3v) is 8.86. The second-order valence-electron chi connectivity index (χ2n) is 7.04. The van der Waals surface area contributed by atoms with Gasteiger partial charge in [-0.15, -0.1) is 0 Å². The number of rotatable bonds is 5. The van der Waals surface area contributed by atoms with Gasteiger partial charge in [-0.1, -0.05) is 0 Å². The van der Waals surface area contributed by atoms with Crippen LogP contribution in [0.15, 0.2) is 29.2 Å². The Morgan fingerprint density at radius 3 is 2.50 bits per heavy atom. The van der Waals surface area contributed by atoms with Crippen LogP contribution < -0.4 is 4.31 Å². The molecule has 3 rings (SSSR count). The van der Waals surface area contributed by atoms with Crippen LogP contribution in [0.25, 0.3) is 0 Å². The van der Waals surface area contributed by atoms with Gasteiger partial charge in [0, 0.05) is 19.6 Å². The molecule has 2 heterocycles. The molecule has 0 N–H and O–H groups in total. The smallest absolute Gasteiger partial charge is 0.310 e. The van der Waals surface area contributed by atoms with Gasteiger partial charge in [0.15, 0.2) is 0 Å². The van der Waals surface area contributed by atoms with E-state index < -0.39 is 26.0 Å². The fourth-order valence-corrected chi connectivity index (χ4v) is 6.79. The number of esters is 1. The first-order chi connectivity index (χ1) is 13.3. The molecule has 0 amide bonds. The van der Waals surface area contributed by atoms with Crippen LogP contribution in [-0.4, -0.2) is 59.1 Å².